The quantitative estimate of drug-likeness (QED) is 0.896. The summed E-state index contributed by atoms with van der Waals surface area (Å²) in [4.78, 5) is 16.0. The lowest BCUT2D eigenvalue weighted by Gasteiger charge is -2.07. The van der Waals surface area contributed by atoms with Crippen LogP contribution < -0.4 is 11.3 Å². The van der Waals surface area contributed by atoms with Crippen LogP contribution >= 0.6 is 31.9 Å². The van der Waals surface area contributed by atoms with Gasteiger partial charge in [-0.05, 0) is 50.1 Å². The van der Waals surface area contributed by atoms with Gasteiger partial charge in [0.2, 0.25) is 0 Å². The Hall–Kier alpha value is -1.14. The number of nitrogens with two attached hydrogens (primary N) is 1. The minimum absolute atomic E-state index is 0.121. The first kappa shape index (κ1) is 12.3. The Labute approximate surface area is 115 Å². The smallest absolute Gasteiger partial charge is 0.265 e. The predicted molar refractivity (Wildman–Crippen MR) is 73.9 cm³/mol. The minimum Gasteiger partial charge on any atom is -0.398 e. The highest BCUT2D eigenvalue weighted by Crippen LogP contribution is 2.11. The number of nitrogen functional groups attached to an aromatic ring is 1. The van der Waals surface area contributed by atoms with Crippen LogP contribution in [0.2, 0.25) is 0 Å². The molecule has 0 aliphatic heterocycles. The van der Waals surface area contributed by atoms with Crippen LogP contribution in [0.5, 0.6) is 0 Å². The summed E-state index contributed by atoms with van der Waals surface area (Å²) in [5.74, 6) is 0. The summed E-state index contributed by atoms with van der Waals surface area (Å²) in [6, 6.07) is 5.33. The zero-order valence-electron chi connectivity index (χ0n) is 8.73. The van der Waals surface area contributed by atoms with Crippen LogP contribution in [0.25, 0.3) is 0 Å². The Morgan fingerprint density at radius 2 is 2.12 bits per heavy atom. The molecule has 17 heavy (non-hydrogen) atoms. The molecule has 0 atom stereocenters. The molecule has 0 amide bonds. The number of hydrogen-bond acceptors (Lipinski definition) is 3. The van der Waals surface area contributed by atoms with Crippen molar-refractivity contribution in [3.8, 4) is 0 Å². The highest BCUT2D eigenvalue weighted by Gasteiger charge is 2.04. The third-order valence-corrected chi connectivity index (χ3v) is 3.22. The molecule has 2 N–H and O–H groups in total. The molecule has 2 heterocycles. The third kappa shape index (κ3) is 2.95. The maximum atomic E-state index is 11.8. The maximum absolute atomic E-state index is 11.8. The van der Waals surface area contributed by atoms with E-state index in [9.17, 15) is 4.79 Å². The van der Waals surface area contributed by atoms with Crippen LogP contribution in [0.15, 0.2) is 44.3 Å². The van der Waals surface area contributed by atoms with Crippen molar-refractivity contribution in [2.75, 3.05) is 5.73 Å². The topological polar surface area (TPSA) is 60.9 Å². The van der Waals surface area contributed by atoms with Gasteiger partial charge in [-0.2, -0.15) is 0 Å². The number of halogens is 2. The van der Waals surface area contributed by atoms with Gasteiger partial charge in [-0.3, -0.25) is 9.78 Å². The van der Waals surface area contributed by atoms with Crippen LogP contribution in [-0.2, 0) is 6.54 Å². The molecule has 2 aromatic rings. The van der Waals surface area contributed by atoms with E-state index >= 15 is 0 Å². The Morgan fingerprint density at radius 3 is 2.76 bits per heavy atom. The minimum atomic E-state index is -0.121. The van der Waals surface area contributed by atoms with Gasteiger partial charge in [0.1, 0.15) is 0 Å². The van der Waals surface area contributed by atoms with Crippen molar-refractivity contribution in [1.29, 1.82) is 0 Å². The highest BCUT2D eigenvalue weighted by molar-refractivity contribution is 9.10. The fourth-order valence-electron chi connectivity index (χ4n) is 1.41. The van der Waals surface area contributed by atoms with Crippen molar-refractivity contribution in [2.24, 2.45) is 0 Å². The number of anilines is 1. The maximum Gasteiger partial charge on any atom is 0.265 e. The monoisotopic (exact) mass is 357 g/mol. The molecule has 2 aromatic heterocycles. The van der Waals surface area contributed by atoms with Gasteiger partial charge in [-0.25, -0.2) is 0 Å². The van der Waals surface area contributed by atoms with Gasteiger partial charge >= 0.3 is 0 Å². The summed E-state index contributed by atoms with van der Waals surface area (Å²) in [6.45, 7) is 0.399. The van der Waals surface area contributed by atoms with E-state index in [0.717, 1.165) is 10.2 Å². The summed E-state index contributed by atoms with van der Waals surface area (Å²) in [5.41, 5.74) is 6.90. The zero-order valence-corrected chi connectivity index (χ0v) is 11.9. The van der Waals surface area contributed by atoms with E-state index in [0.29, 0.717) is 16.7 Å². The molecule has 0 spiro atoms. The van der Waals surface area contributed by atoms with Crippen LogP contribution in [0.4, 0.5) is 5.69 Å². The summed E-state index contributed by atoms with van der Waals surface area (Å²) in [5, 5.41) is 0. The standard InChI is InChI=1S/C11H9Br2N3O/c12-7-1-2-9(15-4-7)6-16-5-8(14)3-10(13)11(16)17/h1-5H,6,14H2. The lowest BCUT2D eigenvalue weighted by molar-refractivity contribution is 0.737. The number of hydrogen-bond donors (Lipinski definition) is 1. The van der Waals surface area contributed by atoms with E-state index in [-0.39, 0.29) is 5.56 Å². The Morgan fingerprint density at radius 1 is 1.35 bits per heavy atom. The normalized spacial score (nSPS) is 10.5. The molecular weight excluding hydrogens is 350 g/mol. The summed E-state index contributed by atoms with van der Waals surface area (Å²) in [6.07, 6.45) is 3.30. The van der Waals surface area contributed by atoms with Crippen molar-refractivity contribution in [2.45, 2.75) is 6.54 Å². The molecular formula is C11H9Br2N3O. The fraction of sp³-hybridized carbons (Fsp3) is 0.0909. The van der Waals surface area contributed by atoms with Gasteiger partial charge in [-0.15, -0.1) is 0 Å². The molecule has 0 aromatic carbocycles. The largest absolute Gasteiger partial charge is 0.398 e. The van der Waals surface area contributed by atoms with Crippen molar-refractivity contribution < 1.29 is 0 Å². The lowest BCUT2D eigenvalue weighted by atomic mass is 10.3. The van der Waals surface area contributed by atoms with E-state index in [1.54, 1.807) is 18.5 Å². The predicted octanol–water partition coefficient (Wildman–Crippen LogP) is 2.40. The van der Waals surface area contributed by atoms with Gasteiger partial charge < -0.3 is 10.3 Å². The molecule has 4 nitrogen and oxygen atoms in total. The molecule has 0 saturated heterocycles. The molecule has 0 saturated carbocycles. The first-order valence-corrected chi connectivity index (χ1v) is 6.41. The van der Waals surface area contributed by atoms with Gasteiger partial charge in [0.15, 0.2) is 0 Å². The van der Waals surface area contributed by atoms with Crippen LogP contribution in [0.1, 0.15) is 5.69 Å². The zero-order chi connectivity index (χ0) is 12.4. The van der Waals surface area contributed by atoms with Gasteiger partial charge in [-0.1, -0.05) is 0 Å². The second-order valence-corrected chi connectivity index (χ2v) is 5.29. The van der Waals surface area contributed by atoms with Crippen molar-refractivity contribution in [1.82, 2.24) is 9.55 Å². The lowest BCUT2D eigenvalue weighted by Crippen LogP contribution is -2.21. The molecule has 0 radical (unpaired) electrons. The van der Waals surface area contributed by atoms with Gasteiger partial charge in [0.05, 0.1) is 16.7 Å². The molecule has 0 fully saturated rings. The van der Waals surface area contributed by atoms with Crippen LogP contribution in [-0.4, -0.2) is 9.55 Å². The second kappa shape index (κ2) is 5.01. The highest BCUT2D eigenvalue weighted by atomic mass is 79.9. The van der Waals surface area contributed by atoms with E-state index in [2.05, 4.69) is 36.8 Å². The van der Waals surface area contributed by atoms with Crippen LogP contribution in [0, 0.1) is 0 Å². The summed E-state index contributed by atoms with van der Waals surface area (Å²) in [7, 11) is 0. The molecule has 0 aliphatic rings. The second-order valence-electron chi connectivity index (χ2n) is 3.52. The van der Waals surface area contributed by atoms with E-state index < -0.39 is 0 Å². The first-order chi connectivity index (χ1) is 8.06. The third-order valence-electron chi connectivity index (χ3n) is 2.18. The van der Waals surface area contributed by atoms with E-state index in [4.69, 9.17) is 5.73 Å². The van der Waals surface area contributed by atoms with E-state index in [1.807, 2.05) is 12.1 Å². The van der Waals surface area contributed by atoms with Gasteiger partial charge in [0.25, 0.3) is 5.56 Å². The van der Waals surface area contributed by atoms with Crippen molar-refractivity contribution >= 4 is 37.5 Å². The number of nitrogens with zero attached hydrogens (tertiary/aromatic N) is 2. The molecule has 2 rings (SSSR count). The Kier molecular flexibility index (Phi) is 3.63. The first-order valence-electron chi connectivity index (χ1n) is 4.82. The number of aromatic nitrogens is 2. The van der Waals surface area contributed by atoms with Crippen molar-refractivity contribution in [3.05, 3.63) is 55.6 Å². The number of rotatable bonds is 2. The Bertz CT molecular complexity index is 593. The number of pyridine rings is 2. The van der Waals surface area contributed by atoms with Gasteiger partial charge in [0, 0.05) is 22.6 Å². The van der Waals surface area contributed by atoms with Crippen molar-refractivity contribution in [3.63, 3.8) is 0 Å². The van der Waals surface area contributed by atoms with E-state index in [1.165, 1.54) is 4.57 Å². The average molecular weight is 359 g/mol. The molecule has 88 valence electrons. The van der Waals surface area contributed by atoms with Crippen LogP contribution in [0.3, 0.4) is 0 Å². The molecule has 0 unspecified atom stereocenters. The SMILES string of the molecule is Nc1cc(Br)c(=O)n(Cc2ccc(Br)cn2)c1. The average Bonchev–Trinajstić information content (AvgIpc) is 2.28. The molecule has 0 aliphatic carbocycles. The summed E-state index contributed by atoms with van der Waals surface area (Å²) < 4.78 is 2.88. The fourth-order valence-corrected chi connectivity index (χ4v) is 2.14. The molecule has 0 bridgehead atoms. The molecule has 6 heteroatoms. The Balaban J connectivity index is 2.36. The summed E-state index contributed by atoms with van der Waals surface area (Å²) >= 11 is 6.49.